The van der Waals surface area contributed by atoms with Crippen LogP contribution >= 0.6 is 22.9 Å². The Morgan fingerprint density at radius 2 is 2.07 bits per heavy atom. The van der Waals surface area contributed by atoms with E-state index >= 15 is 0 Å². The second-order valence-corrected chi connectivity index (χ2v) is 8.59. The van der Waals surface area contributed by atoms with Crippen LogP contribution in [-0.4, -0.2) is 43.7 Å². The third kappa shape index (κ3) is 3.86. The highest BCUT2D eigenvalue weighted by Crippen LogP contribution is 2.29. The molecule has 1 unspecified atom stereocenters. The summed E-state index contributed by atoms with van der Waals surface area (Å²) in [4.78, 5) is 23.5. The van der Waals surface area contributed by atoms with Gasteiger partial charge in [-0.15, -0.1) is 10.2 Å². The molecule has 10 heteroatoms. The first kappa shape index (κ1) is 19.0. The van der Waals surface area contributed by atoms with Gasteiger partial charge in [0.2, 0.25) is 5.91 Å². The average Bonchev–Trinajstić information content (AvgIpc) is 3.43. The molecule has 0 bridgehead atoms. The molecule has 0 spiro atoms. The van der Waals surface area contributed by atoms with E-state index in [4.69, 9.17) is 11.6 Å². The van der Waals surface area contributed by atoms with Gasteiger partial charge < -0.3 is 10.2 Å². The molecule has 0 saturated carbocycles. The van der Waals surface area contributed by atoms with Crippen LogP contribution in [0.1, 0.15) is 12.8 Å². The predicted octanol–water partition coefficient (Wildman–Crippen LogP) is 3.78. The minimum absolute atomic E-state index is 0.0205. The number of aromatic nitrogens is 5. The average molecular weight is 440 g/mol. The highest BCUT2D eigenvalue weighted by Gasteiger charge is 2.27. The second-order valence-electron chi connectivity index (χ2n) is 7.13. The third-order valence-electron chi connectivity index (χ3n) is 5.10. The Kier molecular flexibility index (Phi) is 5.06. The van der Waals surface area contributed by atoms with Crippen LogP contribution in [0.2, 0.25) is 5.02 Å². The molecule has 30 heavy (non-hydrogen) atoms. The van der Waals surface area contributed by atoms with Crippen LogP contribution in [0.5, 0.6) is 0 Å². The van der Waals surface area contributed by atoms with Gasteiger partial charge in [0.05, 0.1) is 16.1 Å². The number of anilines is 2. The van der Waals surface area contributed by atoms with Gasteiger partial charge in [-0.2, -0.15) is 0 Å². The van der Waals surface area contributed by atoms with Crippen molar-refractivity contribution in [2.75, 3.05) is 23.3 Å². The zero-order chi connectivity index (χ0) is 20.5. The number of imidazole rings is 1. The topological polar surface area (TPSA) is 88.8 Å². The van der Waals surface area contributed by atoms with E-state index in [1.807, 2.05) is 30.5 Å². The number of benzene rings is 1. The Morgan fingerprint density at radius 1 is 1.20 bits per heavy atom. The summed E-state index contributed by atoms with van der Waals surface area (Å²) < 4.78 is 2.75. The van der Waals surface area contributed by atoms with Crippen LogP contribution in [0, 0.1) is 5.92 Å². The van der Waals surface area contributed by atoms with Gasteiger partial charge in [-0.05, 0) is 43.2 Å². The fraction of sp³-hybridized carbons (Fsp3) is 0.250. The van der Waals surface area contributed by atoms with Crippen molar-refractivity contribution < 1.29 is 4.79 Å². The number of piperidine rings is 1. The molecule has 152 valence electrons. The lowest BCUT2D eigenvalue weighted by Crippen LogP contribution is -2.41. The van der Waals surface area contributed by atoms with E-state index in [-0.39, 0.29) is 11.8 Å². The number of carbonyl (C=O) groups is 1. The van der Waals surface area contributed by atoms with E-state index in [0.29, 0.717) is 22.5 Å². The minimum atomic E-state index is -0.135. The number of fused-ring (bicyclic) bond motifs is 1. The molecular weight excluding hydrogens is 422 g/mol. The van der Waals surface area contributed by atoms with Gasteiger partial charge in [0.15, 0.2) is 16.8 Å². The summed E-state index contributed by atoms with van der Waals surface area (Å²) in [7, 11) is 0. The van der Waals surface area contributed by atoms with Crippen LogP contribution in [0.3, 0.4) is 0 Å². The number of nitrogens with zero attached hydrogens (tertiary/aromatic N) is 6. The van der Waals surface area contributed by atoms with Crippen LogP contribution in [-0.2, 0) is 4.79 Å². The Labute approximate surface area is 181 Å². The maximum Gasteiger partial charge on any atom is 0.231 e. The number of halogens is 1. The Hall–Kier alpha value is -3.04. The third-order valence-corrected chi connectivity index (χ3v) is 6.27. The van der Waals surface area contributed by atoms with Gasteiger partial charge in [-0.25, -0.2) is 9.97 Å². The number of amides is 1. The zero-order valence-electron chi connectivity index (χ0n) is 15.9. The summed E-state index contributed by atoms with van der Waals surface area (Å²) in [5, 5.41) is 12.9. The fourth-order valence-electron chi connectivity index (χ4n) is 3.58. The van der Waals surface area contributed by atoms with Crippen LogP contribution < -0.4 is 10.2 Å². The van der Waals surface area contributed by atoms with Crippen molar-refractivity contribution in [3.63, 3.8) is 0 Å². The standard InChI is InChI=1S/C20H18ClN7OS/c21-14-3-4-15-16(10-14)30-20(23-15)24-19(29)13-2-1-8-27(11-13)17-5-6-18(26-25-17)28-9-7-22-12-28/h3-7,9-10,12-13H,1-2,8,11H2,(H,23,24,29). The second kappa shape index (κ2) is 8.00. The molecule has 1 amide bonds. The molecule has 1 atom stereocenters. The highest BCUT2D eigenvalue weighted by molar-refractivity contribution is 7.22. The maximum atomic E-state index is 12.9. The smallest absolute Gasteiger partial charge is 0.231 e. The minimum Gasteiger partial charge on any atom is -0.354 e. The van der Waals surface area contributed by atoms with E-state index < -0.39 is 0 Å². The molecule has 4 aromatic rings. The Morgan fingerprint density at radius 3 is 2.87 bits per heavy atom. The van der Waals surface area contributed by atoms with E-state index in [2.05, 4.69) is 30.4 Å². The molecule has 0 aliphatic carbocycles. The summed E-state index contributed by atoms with van der Waals surface area (Å²) in [5.41, 5.74) is 0.832. The van der Waals surface area contributed by atoms with Crippen molar-refractivity contribution in [3.8, 4) is 5.82 Å². The molecule has 1 aliphatic rings. The molecule has 1 aromatic carbocycles. The number of thiazole rings is 1. The lowest BCUT2D eigenvalue weighted by atomic mass is 9.97. The molecular formula is C20H18ClN7OS. The van der Waals surface area contributed by atoms with E-state index in [1.54, 1.807) is 23.2 Å². The molecule has 5 rings (SSSR count). The zero-order valence-corrected chi connectivity index (χ0v) is 17.5. The van der Waals surface area contributed by atoms with Gasteiger partial charge >= 0.3 is 0 Å². The number of carbonyl (C=O) groups excluding carboxylic acids is 1. The van der Waals surface area contributed by atoms with Gasteiger partial charge in [-0.1, -0.05) is 22.9 Å². The number of hydrogen-bond acceptors (Lipinski definition) is 7. The largest absolute Gasteiger partial charge is 0.354 e. The van der Waals surface area contributed by atoms with Gasteiger partial charge in [0.25, 0.3) is 0 Å². The van der Waals surface area contributed by atoms with Crippen molar-refractivity contribution in [1.82, 2.24) is 24.7 Å². The molecule has 3 aromatic heterocycles. The summed E-state index contributed by atoms with van der Waals surface area (Å²) in [6, 6.07) is 9.35. The molecule has 4 heterocycles. The van der Waals surface area contributed by atoms with Crippen molar-refractivity contribution in [2.24, 2.45) is 5.92 Å². The Bertz CT molecular complexity index is 1180. The van der Waals surface area contributed by atoms with Gasteiger partial charge in [0, 0.05) is 30.5 Å². The van der Waals surface area contributed by atoms with E-state index in [0.717, 1.165) is 35.4 Å². The predicted molar refractivity (Wildman–Crippen MR) is 117 cm³/mol. The van der Waals surface area contributed by atoms with Crippen LogP contribution in [0.4, 0.5) is 10.9 Å². The van der Waals surface area contributed by atoms with Crippen molar-refractivity contribution >= 4 is 50.0 Å². The van der Waals surface area contributed by atoms with Gasteiger partial charge in [-0.3, -0.25) is 9.36 Å². The summed E-state index contributed by atoms with van der Waals surface area (Å²) in [6.45, 7) is 1.45. The summed E-state index contributed by atoms with van der Waals surface area (Å²) in [6.07, 6.45) is 6.95. The number of rotatable bonds is 4. The van der Waals surface area contributed by atoms with Gasteiger partial charge in [0.1, 0.15) is 6.33 Å². The lowest BCUT2D eigenvalue weighted by molar-refractivity contribution is -0.120. The molecule has 8 nitrogen and oxygen atoms in total. The summed E-state index contributed by atoms with van der Waals surface area (Å²) >= 11 is 7.47. The molecule has 1 N–H and O–H groups in total. The molecule has 1 fully saturated rings. The lowest BCUT2D eigenvalue weighted by Gasteiger charge is -2.32. The van der Waals surface area contributed by atoms with E-state index in [9.17, 15) is 4.79 Å². The number of nitrogens with one attached hydrogen (secondary N) is 1. The highest BCUT2D eigenvalue weighted by atomic mass is 35.5. The molecule has 1 aliphatic heterocycles. The van der Waals surface area contributed by atoms with Crippen LogP contribution in [0.25, 0.3) is 16.0 Å². The fourth-order valence-corrected chi connectivity index (χ4v) is 4.72. The quantitative estimate of drug-likeness (QED) is 0.520. The van der Waals surface area contributed by atoms with E-state index in [1.165, 1.54) is 11.3 Å². The first-order valence-corrected chi connectivity index (χ1v) is 10.8. The van der Waals surface area contributed by atoms with Crippen molar-refractivity contribution in [2.45, 2.75) is 12.8 Å². The van der Waals surface area contributed by atoms with Crippen molar-refractivity contribution in [3.05, 3.63) is 54.1 Å². The first-order chi connectivity index (χ1) is 14.7. The SMILES string of the molecule is O=C(Nc1nc2ccc(Cl)cc2s1)C1CCCN(c2ccc(-n3ccnc3)nn2)C1. The maximum absolute atomic E-state index is 12.9. The molecule has 0 radical (unpaired) electrons. The molecule has 1 saturated heterocycles. The van der Waals surface area contributed by atoms with Crippen molar-refractivity contribution in [1.29, 1.82) is 0 Å². The Balaban J connectivity index is 1.26. The normalized spacial score (nSPS) is 16.7. The number of hydrogen-bond donors (Lipinski definition) is 1. The summed E-state index contributed by atoms with van der Waals surface area (Å²) in [5.74, 6) is 1.32. The van der Waals surface area contributed by atoms with Crippen LogP contribution in [0.15, 0.2) is 49.1 Å². The first-order valence-electron chi connectivity index (χ1n) is 9.60. The monoisotopic (exact) mass is 439 g/mol.